The molecule has 0 saturated carbocycles. The Balaban J connectivity index is 2.79. The van der Waals surface area contributed by atoms with Gasteiger partial charge in [-0.3, -0.25) is 0 Å². The average molecular weight is 204 g/mol. The molecule has 3 N–H and O–H groups in total. The molecule has 0 fully saturated rings. The molecule has 0 aliphatic heterocycles. The van der Waals surface area contributed by atoms with Crippen LogP contribution in [0.4, 0.5) is 5.69 Å². The topological polar surface area (TPSA) is 70.0 Å². The molecule has 0 spiro atoms. The summed E-state index contributed by atoms with van der Waals surface area (Å²) in [7, 11) is 0. The smallest absolute Gasteiger partial charge is 0.147 e. The van der Waals surface area contributed by atoms with Crippen molar-refractivity contribution in [3.05, 3.63) is 23.1 Å². The van der Waals surface area contributed by atoms with Gasteiger partial charge in [0.1, 0.15) is 5.75 Å². The minimum atomic E-state index is 0.114. The summed E-state index contributed by atoms with van der Waals surface area (Å²) < 4.78 is 0.943. The molecule has 1 aromatic heterocycles. The number of benzene rings is 1. The fraction of sp³-hybridized carbons (Fsp3) is 0.100. The zero-order chi connectivity index (χ0) is 10.1. The van der Waals surface area contributed by atoms with E-state index in [1.807, 2.05) is 11.4 Å². The van der Waals surface area contributed by atoms with Crippen LogP contribution in [0, 0.1) is 11.3 Å². The zero-order valence-electron chi connectivity index (χ0n) is 7.32. The highest BCUT2D eigenvalue weighted by atomic mass is 32.1. The molecule has 0 aliphatic carbocycles. The SMILES string of the molecule is N#CCc1cc(N)c(O)c2ccsc12. The van der Waals surface area contributed by atoms with Gasteiger partial charge in [-0.1, -0.05) is 0 Å². The predicted octanol–water partition coefficient (Wildman–Crippen LogP) is 2.26. The van der Waals surface area contributed by atoms with Crippen LogP contribution in [-0.2, 0) is 6.42 Å². The van der Waals surface area contributed by atoms with Gasteiger partial charge in [0.2, 0.25) is 0 Å². The molecule has 0 radical (unpaired) electrons. The van der Waals surface area contributed by atoms with Gasteiger partial charge in [0.25, 0.3) is 0 Å². The van der Waals surface area contributed by atoms with Crippen LogP contribution < -0.4 is 5.73 Å². The van der Waals surface area contributed by atoms with E-state index in [1.54, 1.807) is 6.07 Å². The highest BCUT2D eigenvalue weighted by Gasteiger charge is 2.09. The largest absolute Gasteiger partial charge is 0.505 e. The maximum Gasteiger partial charge on any atom is 0.147 e. The summed E-state index contributed by atoms with van der Waals surface area (Å²) in [6.45, 7) is 0. The van der Waals surface area contributed by atoms with Crippen LogP contribution in [-0.4, -0.2) is 5.11 Å². The Morgan fingerprint density at radius 1 is 1.57 bits per heavy atom. The molecule has 2 rings (SSSR count). The van der Waals surface area contributed by atoms with Crippen molar-refractivity contribution in [3.63, 3.8) is 0 Å². The Morgan fingerprint density at radius 2 is 2.36 bits per heavy atom. The first kappa shape index (κ1) is 8.85. The van der Waals surface area contributed by atoms with E-state index in [2.05, 4.69) is 6.07 Å². The van der Waals surface area contributed by atoms with Crippen LogP contribution >= 0.6 is 11.3 Å². The van der Waals surface area contributed by atoms with E-state index in [-0.39, 0.29) is 5.75 Å². The summed E-state index contributed by atoms with van der Waals surface area (Å²) >= 11 is 1.51. The van der Waals surface area contributed by atoms with Crippen molar-refractivity contribution < 1.29 is 5.11 Å². The number of aromatic hydroxyl groups is 1. The minimum absolute atomic E-state index is 0.114. The molecule has 0 unspecified atom stereocenters. The summed E-state index contributed by atoms with van der Waals surface area (Å²) in [5.41, 5.74) is 6.84. The van der Waals surface area contributed by atoms with E-state index in [4.69, 9.17) is 11.0 Å². The van der Waals surface area contributed by atoms with Crippen LogP contribution in [0.2, 0.25) is 0 Å². The van der Waals surface area contributed by atoms with E-state index < -0.39 is 0 Å². The van der Waals surface area contributed by atoms with Crippen LogP contribution in [0.5, 0.6) is 5.75 Å². The van der Waals surface area contributed by atoms with Gasteiger partial charge >= 0.3 is 0 Å². The number of hydrogen-bond donors (Lipinski definition) is 2. The number of phenolic OH excluding ortho intramolecular Hbond substituents is 1. The second-order valence-corrected chi connectivity index (χ2v) is 3.89. The van der Waals surface area contributed by atoms with Gasteiger partial charge in [-0.25, -0.2) is 0 Å². The first-order valence-electron chi connectivity index (χ1n) is 4.08. The third kappa shape index (κ3) is 1.19. The molecule has 4 heteroatoms. The van der Waals surface area contributed by atoms with Crippen molar-refractivity contribution in [2.75, 3.05) is 5.73 Å². The number of rotatable bonds is 1. The van der Waals surface area contributed by atoms with Gasteiger partial charge in [0.05, 0.1) is 18.2 Å². The molecule has 1 aromatic carbocycles. The maximum atomic E-state index is 9.64. The highest BCUT2D eigenvalue weighted by molar-refractivity contribution is 7.17. The number of nitrogens with zero attached hydrogens (tertiary/aromatic N) is 1. The van der Waals surface area contributed by atoms with E-state index >= 15 is 0 Å². The summed E-state index contributed by atoms with van der Waals surface area (Å²) in [5, 5.41) is 20.9. The van der Waals surface area contributed by atoms with Gasteiger partial charge in [0.15, 0.2) is 0 Å². The first-order chi connectivity index (χ1) is 6.74. The van der Waals surface area contributed by atoms with Gasteiger partial charge in [-0.05, 0) is 23.1 Å². The predicted molar refractivity (Wildman–Crippen MR) is 57.2 cm³/mol. The number of nitriles is 1. The lowest BCUT2D eigenvalue weighted by atomic mass is 10.1. The third-order valence-electron chi connectivity index (χ3n) is 2.08. The van der Waals surface area contributed by atoms with Crippen molar-refractivity contribution in [2.24, 2.45) is 0 Å². The first-order valence-corrected chi connectivity index (χ1v) is 4.96. The molecule has 70 valence electrons. The van der Waals surface area contributed by atoms with Crippen molar-refractivity contribution >= 4 is 27.1 Å². The van der Waals surface area contributed by atoms with Crippen LogP contribution in [0.1, 0.15) is 5.56 Å². The number of anilines is 1. The lowest BCUT2D eigenvalue weighted by Gasteiger charge is -2.03. The monoisotopic (exact) mass is 204 g/mol. The van der Waals surface area contributed by atoms with E-state index in [1.165, 1.54) is 11.3 Å². The van der Waals surface area contributed by atoms with Crippen molar-refractivity contribution in [1.29, 1.82) is 5.26 Å². The van der Waals surface area contributed by atoms with Gasteiger partial charge in [0, 0.05) is 10.1 Å². The molecule has 2 aromatic rings. The molecule has 14 heavy (non-hydrogen) atoms. The van der Waals surface area contributed by atoms with Gasteiger partial charge in [-0.2, -0.15) is 5.26 Å². The Labute approximate surface area is 85.0 Å². The van der Waals surface area contributed by atoms with Crippen LogP contribution in [0.15, 0.2) is 17.5 Å². The normalized spacial score (nSPS) is 10.2. The molecule has 3 nitrogen and oxygen atoms in total. The molecule has 0 aliphatic rings. The summed E-state index contributed by atoms with van der Waals surface area (Å²) in [6.07, 6.45) is 0.321. The van der Waals surface area contributed by atoms with E-state index in [9.17, 15) is 5.11 Å². The quantitative estimate of drug-likeness (QED) is 0.553. The highest BCUT2D eigenvalue weighted by Crippen LogP contribution is 2.36. The number of hydrogen-bond acceptors (Lipinski definition) is 4. The fourth-order valence-corrected chi connectivity index (χ4v) is 2.35. The standard InChI is InChI=1S/C10H8N2OS/c11-3-1-6-5-8(12)9(13)7-2-4-14-10(6)7/h2,4-5,13H,1,12H2. The summed E-state index contributed by atoms with van der Waals surface area (Å²) in [6, 6.07) is 5.56. The van der Waals surface area contributed by atoms with Crippen LogP contribution in [0.25, 0.3) is 10.1 Å². The van der Waals surface area contributed by atoms with Crippen molar-refractivity contribution in [2.45, 2.75) is 6.42 Å². The number of nitrogen functional groups attached to an aromatic ring is 1. The Hall–Kier alpha value is -1.73. The number of fused-ring (bicyclic) bond motifs is 1. The zero-order valence-corrected chi connectivity index (χ0v) is 8.14. The average Bonchev–Trinajstić information content (AvgIpc) is 2.63. The lowest BCUT2D eigenvalue weighted by molar-refractivity contribution is 0.484. The Morgan fingerprint density at radius 3 is 3.07 bits per heavy atom. The summed E-state index contributed by atoms with van der Waals surface area (Å²) in [4.78, 5) is 0. The molecular weight excluding hydrogens is 196 g/mol. The maximum absolute atomic E-state index is 9.64. The molecule has 0 saturated heterocycles. The Kier molecular flexibility index (Phi) is 2.02. The van der Waals surface area contributed by atoms with E-state index in [0.29, 0.717) is 12.1 Å². The second-order valence-electron chi connectivity index (χ2n) is 2.97. The van der Waals surface area contributed by atoms with Crippen LogP contribution in [0.3, 0.4) is 0 Å². The lowest BCUT2D eigenvalue weighted by Crippen LogP contribution is -1.90. The molecule has 0 amide bonds. The summed E-state index contributed by atoms with van der Waals surface area (Å²) in [5.74, 6) is 0.114. The molecule has 0 bridgehead atoms. The number of thiophene rings is 1. The number of nitrogens with two attached hydrogens (primary N) is 1. The molecule has 1 heterocycles. The van der Waals surface area contributed by atoms with E-state index in [0.717, 1.165) is 15.6 Å². The third-order valence-corrected chi connectivity index (χ3v) is 3.07. The molecule has 0 atom stereocenters. The number of phenols is 1. The van der Waals surface area contributed by atoms with Gasteiger partial charge < -0.3 is 10.8 Å². The Bertz CT molecular complexity index is 525. The van der Waals surface area contributed by atoms with Gasteiger partial charge in [-0.15, -0.1) is 11.3 Å². The minimum Gasteiger partial charge on any atom is -0.505 e. The van der Waals surface area contributed by atoms with Crippen molar-refractivity contribution in [3.8, 4) is 11.8 Å². The fourth-order valence-electron chi connectivity index (χ4n) is 1.44. The van der Waals surface area contributed by atoms with Crippen molar-refractivity contribution in [1.82, 2.24) is 0 Å². The second kappa shape index (κ2) is 3.20. The molecular formula is C10H8N2OS.